The van der Waals surface area contributed by atoms with Crippen LogP contribution in [0.1, 0.15) is 22.3 Å². The van der Waals surface area contributed by atoms with Crippen LogP contribution in [0.15, 0.2) is 115 Å². The van der Waals surface area contributed by atoms with Crippen molar-refractivity contribution in [2.75, 3.05) is 0 Å². The Kier molecular flexibility index (Phi) is 5.55. The highest BCUT2D eigenvalue weighted by Crippen LogP contribution is 2.53. The monoisotopic (exact) mass is 382 g/mol. The van der Waals surface area contributed by atoms with E-state index in [-0.39, 0.29) is 5.16 Å². The Bertz CT molecular complexity index is 917. The SMILES string of the molecule is Oc1cccc(CPC(c2ccccc2)(c2ccccc2)c2ccccc2)c1. The summed E-state index contributed by atoms with van der Waals surface area (Å²) in [5.41, 5.74) is 5.05. The maximum atomic E-state index is 9.90. The Hall–Kier alpha value is -2.89. The molecule has 0 bridgehead atoms. The second kappa shape index (κ2) is 8.42. The smallest absolute Gasteiger partial charge is 0.115 e. The van der Waals surface area contributed by atoms with E-state index in [4.69, 9.17) is 0 Å². The maximum Gasteiger partial charge on any atom is 0.115 e. The van der Waals surface area contributed by atoms with Gasteiger partial charge in [0.1, 0.15) is 5.75 Å². The van der Waals surface area contributed by atoms with Gasteiger partial charge >= 0.3 is 0 Å². The fourth-order valence-corrected chi connectivity index (χ4v) is 5.57. The summed E-state index contributed by atoms with van der Waals surface area (Å²) in [6.45, 7) is 0. The van der Waals surface area contributed by atoms with Crippen molar-refractivity contribution in [3.63, 3.8) is 0 Å². The van der Waals surface area contributed by atoms with Crippen LogP contribution in [0, 0.1) is 0 Å². The van der Waals surface area contributed by atoms with Crippen molar-refractivity contribution in [1.82, 2.24) is 0 Å². The Morgan fingerprint density at radius 3 is 1.46 bits per heavy atom. The highest BCUT2D eigenvalue weighted by atomic mass is 31.1. The number of phenols is 1. The fourth-order valence-electron chi connectivity index (χ4n) is 3.77. The van der Waals surface area contributed by atoms with E-state index in [0.29, 0.717) is 14.3 Å². The molecule has 2 heteroatoms. The fraction of sp³-hybridized carbons (Fsp3) is 0.0769. The van der Waals surface area contributed by atoms with Crippen LogP contribution in [0.5, 0.6) is 5.75 Å². The first kappa shape index (κ1) is 18.5. The predicted molar refractivity (Wildman–Crippen MR) is 119 cm³/mol. The molecule has 1 nitrogen and oxygen atoms in total. The van der Waals surface area contributed by atoms with Crippen LogP contribution in [0.3, 0.4) is 0 Å². The number of benzene rings is 4. The van der Waals surface area contributed by atoms with E-state index in [1.807, 2.05) is 12.1 Å². The largest absolute Gasteiger partial charge is 0.508 e. The zero-order valence-electron chi connectivity index (χ0n) is 15.6. The maximum absolute atomic E-state index is 9.90. The van der Waals surface area contributed by atoms with Gasteiger partial charge in [-0.1, -0.05) is 112 Å². The molecule has 0 radical (unpaired) electrons. The van der Waals surface area contributed by atoms with Gasteiger partial charge in [-0.15, -0.1) is 0 Å². The number of hydrogen-bond acceptors (Lipinski definition) is 1. The molecule has 0 aliphatic carbocycles. The first-order valence-electron chi connectivity index (χ1n) is 9.48. The average molecular weight is 382 g/mol. The van der Waals surface area contributed by atoms with Crippen molar-refractivity contribution in [3.05, 3.63) is 138 Å². The lowest BCUT2D eigenvalue weighted by molar-refractivity contribution is 0.475. The summed E-state index contributed by atoms with van der Waals surface area (Å²) in [5, 5.41) is 9.67. The Morgan fingerprint density at radius 1 is 0.571 bits per heavy atom. The van der Waals surface area contributed by atoms with Gasteiger partial charge < -0.3 is 5.11 Å². The first-order chi connectivity index (χ1) is 13.8. The molecular weight excluding hydrogens is 359 g/mol. The van der Waals surface area contributed by atoms with Gasteiger partial charge in [0.2, 0.25) is 0 Å². The van der Waals surface area contributed by atoms with Crippen LogP contribution in [0.25, 0.3) is 0 Å². The van der Waals surface area contributed by atoms with E-state index in [1.165, 1.54) is 16.7 Å². The van der Waals surface area contributed by atoms with Gasteiger partial charge in [0.05, 0.1) is 5.16 Å². The van der Waals surface area contributed by atoms with Gasteiger partial charge in [-0.2, -0.15) is 0 Å². The van der Waals surface area contributed by atoms with Crippen LogP contribution >= 0.6 is 8.58 Å². The third-order valence-electron chi connectivity index (χ3n) is 5.09. The molecule has 0 aliphatic heterocycles. The molecule has 28 heavy (non-hydrogen) atoms. The van der Waals surface area contributed by atoms with Crippen molar-refractivity contribution in [2.45, 2.75) is 11.3 Å². The molecule has 0 spiro atoms. The van der Waals surface area contributed by atoms with Crippen LogP contribution in [0.2, 0.25) is 0 Å². The molecule has 4 aromatic rings. The molecule has 1 N–H and O–H groups in total. The van der Waals surface area contributed by atoms with Crippen molar-refractivity contribution in [3.8, 4) is 5.75 Å². The zero-order chi connectivity index (χ0) is 19.2. The van der Waals surface area contributed by atoms with Gasteiger partial charge in [-0.05, 0) is 40.5 Å². The van der Waals surface area contributed by atoms with Gasteiger partial charge in [-0.25, -0.2) is 0 Å². The summed E-state index contributed by atoms with van der Waals surface area (Å²) < 4.78 is 0. The van der Waals surface area contributed by atoms with E-state index in [0.717, 1.165) is 11.7 Å². The van der Waals surface area contributed by atoms with Crippen LogP contribution in [-0.4, -0.2) is 5.11 Å². The van der Waals surface area contributed by atoms with E-state index < -0.39 is 0 Å². The van der Waals surface area contributed by atoms with Crippen molar-refractivity contribution >= 4 is 8.58 Å². The quantitative estimate of drug-likeness (QED) is 0.296. The molecular formula is C26H23OP. The van der Waals surface area contributed by atoms with Crippen molar-refractivity contribution in [2.24, 2.45) is 0 Å². The van der Waals surface area contributed by atoms with Gasteiger partial charge in [-0.3, -0.25) is 0 Å². The lowest BCUT2D eigenvalue weighted by Crippen LogP contribution is -2.24. The summed E-state index contributed by atoms with van der Waals surface area (Å²) in [7, 11) is 0.589. The minimum Gasteiger partial charge on any atom is -0.508 e. The van der Waals surface area contributed by atoms with Crippen molar-refractivity contribution in [1.29, 1.82) is 0 Å². The van der Waals surface area contributed by atoms with E-state index >= 15 is 0 Å². The summed E-state index contributed by atoms with van der Waals surface area (Å²) in [5.74, 6) is 0.326. The average Bonchev–Trinajstić information content (AvgIpc) is 2.77. The first-order valence-corrected chi connectivity index (χ1v) is 10.7. The molecule has 0 saturated heterocycles. The lowest BCUT2D eigenvalue weighted by atomic mass is 9.84. The molecule has 4 aromatic carbocycles. The summed E-state index contributed by atoms with van der Waals surface area (Å²) in [4.78, 5) is 0. The molecule has 1 unspecified atom stereocenters. The molecule has 0 saturated carbocycles. The minimum absolute atomic E-state index is 0.227. The van der Waals surface area contributed by atoms with Crippen molar-refractivity contribution < 1.29 is 5.11 Å². The van der Waals surface area contributed by atoms with Gasteiger partial charge in [0.25, 0.3) is 0 Å². The molecule has 0 aromatic heterocycles. The van der Waals surface area contributed by atoms with Crippen LogP contribution in [-0.2, 0) is 11.3 Å². The Labute approximate surface area is 168 Å². The van der Waals surface area contributed by atoms with E-state index in [9.17, 15) is 5.11 Å². The molecule has 138 valence electrons. The number of phenolic OH excluding ortho intramolecular Hbond substituents is 1. The highest BCUT2D eigenvalue weighted by molar-refractivity contribution is 7.39. The second-order valence-corrected chi connectivity index (χ2v) is 8.33. The molecule has 0 heterocycles. The number of hydrogen-bond donors (Lipinski definition) is 1. The van der Waals surface area contributed by atoms with E-state index in [1.54, 1.807) is 6.07 Å². The van der Waals surface area contributed by atoms with Crippen LogP contribution < -0.4 is 0 Å². The summed E-state index contributed by atoms with van der Waals surface area (Å²) >= 11 is 0. The number of rotatable bonds is 6. The summed E-state index contributed by atoms with van der Waals surface area (Å²) in [6.07, 6.45) is 0.896. The standard InChI is InChI=1S/C26H23OP/c27-25-18-10-11-21(19-25)20-28-26(22-12-4-1-5-13-22,23-14-6-2-7-15-23)24-16-8-3-9-17-24/h1-19,27-28H,20H2. The Balaban J connectivity index is 1.88. The molecule has 1 atom stereocenters. The van der Waals surface area contributed by atoms with Gasteiger partial charge in [0, 0.05) is 0 Å². The topological polar surface area (TPSA) is 20.2 Å². The minimum atomic E-state index is -0.227. The van der Waals surface area contributed by atoms with E-state index in [2.05, 4.69) is 97.1 Å². The third kappa shape index (κ3) is 3.72. The summed E-state index contributed by atoms with van der Waals surface area (Å²) in [6, 6.07) is 39.9. The molecule has 0 fully saturated rings. The number of aromatic hydroxyl groups is 1. The second-order valence-electron chi connectivity index (χ2n) is 6.87. The molecule has 4 rings (SSSR count). The van der Waals surface area contributed by atoms with Gasteiger partial charge in [0.15, 0.2) is 0 Å². The zero-order valence-corrected chi connectivity index (χ0v) is 16.6. The molecule has 0 aliphatic rings. The lowest BCUT2D eigenvalue weighted by Gasteiger charge is -2.36. The predicted octanol–water partition coefficient (Wildman–Crippen LogP) is 6.56. The normalized spacial score (nSPS) is 11.7. The Morgan fingerprint density at radius 2 is 1.04 bits per heavy atom. The van der Waals surface area contributed by atoms with Crippen LogP contribution in [0.4, 0.5) is 0 Å². The molecule has 0 amide bonds. The highest BCUT2D eigenvalue weighted by Gasteiger charge is 2.35. The third-order valence-corrected chi connectivity index (χ3v) is 7.07.